The first-order valence-corrected chi connectivity index (χ1v) is 12.8. The van der Waals surface area contributed by atoms with Crippen molar-refractivity contribution in [3.63, 3.8) is 0 Å². The van der Waals surface area contributed by atoms with E-state index in [0.717, 1.165) is 20.9 Å². The maximum atomic E-state index is 14.5. The Hall–Kier alpha value is -3.37. The molecule has 0 bridgehead atoms. The van der Waals surface area contributed by atoms with Crippen molar-refractivity contribution in [3.05, 3.63) is 76.6 Å². The van der Waals surface area contributed by atoms with E-state index in [0.29, 0.717) is 16.9 Å². The Labute approximate surface area is 221 Å². The fraction of sp³-hybridized carbons (Fsp3) is 0.231. The zero-order valence-corrected chi connectivity index (χ0v) is 22.4. The number of aromatic nitrogens is 3. The molecule has 4 rings (SSSR count). The van der Waals surface area contributed by atoms with Gasteiger partial charge < -0.3 is 15.4 Å². The highest BCUT2D eigenvalue weighted by Crippen LogP contribution is 2.35. The maximum Gasteiger partial charge on any atom is 0.408 e. The third kappa shape index (κ3) is 6.06. The molecule has 0 saturated carbocycles. The number of amides is 1. The van der Waals surface area contributed by atoms with Crippen LogP contribution in [0.2, 0.25) is 0 Å². The zero-order valence-electron chi connectivity index (χ0n) is 20.0. The van der Waals surface area contributed by atoms with Gasteiger partial charge in [-0.3, -0.25) is 4.98 Å². The monoisotopic (exact) mass is 569 g/mol. The number of alkyl carbamates (subject to hydrolysis) is 1. The van der Waals surface area contributed by atoms with Crippen LogP contribution in [0.1, 0.15) is 26.3 Å². The Morgan fingerprint density at radius 1 is 1.22 bits per heavy atom. The number of nitrogens with one attached hydrogen (secondary N) is 2. The highest BCUT2D eigenvalue weighted by molar-refractivity contribution is 9.10. The number of thiophene rings is 1. The molecule has 2 N–H and O–H groups in total. The number of halogens is 2. The molecule has 3 heterocycles. The molecule has 0 saturated heterocycles. The van der Waals surface area contributed by atoms with E-state index in [1.807, 2.05) is 35.7 Å². The minimum absolute atomic E-state index is 0.225. The first-order valence-electron chi connectivity index (χ1n) is 11.1. The third-order valence-corrected chi connectivity index (χ3v) is 7.00. The summed E-state index contributed by atoms with van der Waals surface area (Å²) in [5.41, 5.74) is 1.83. The first-order chi connectivity index (χ1) is 17.1. The van der Waals surface area contributed by atoms with Gasteiger partial charge in [0.2, 0.25) is 0 Å². The number of anilines is 1. The lowest BCUT2D eigenvalue weighted by Gasteiger charge is -2.25. The van der Waals surface area contributed by atoms with Crippen LogP contribution in [0.25, 0.3) is 27.2 Å². The molecular formula is C26H25BrFN5O2S. The van der Waals surface area contributed by atoms with Crippen LogP contribution in [0.15, 0.2) is 65.2 Å². The quantitative estimate of drug-likeness (QED) is 0.258. The van der Waals surface area contributed by atoms with E-state index < -0.39 is 23.6 Å². The summed E-state index contributed by atoms with van der Waals surface area (Å²) in [7, 11) is 0. The lowest BCUT2D eigenvalue weighted by molar-refractivity contribution is 0.0518. The van der Waals surface area contributed by atoms with Crippen molar-refractivity contribution in [2.75, 3.05) is 11.9 Å². The Morgan fingerprint density at radius 3 is 2.67 bits per heavy atom. The van der Waals surface area contributed by atoms with Crippen LogP contribution >= 0.6 is 27.3 Å². The van der Waals surface area contributed by atoms with Crippen molar-refractivity contribution in [1.82, 2.24) is 20.3 Å². The normalized spacial score (nSPS) is 12.2. The number of hydrogen-bond donors (Lipinski definition) is 2. The number of ether oxygens (including phenoxy) is 1. The summed E-state index contributed by atoms with van der Waals surface area (Å²) in [5, 5.41) is 8.13. The third-order valence-electron chi connectivity index (χ3n) is 5.12. The van der Waals surface area contributed by atoms with Gasteiger partial charge in [0.05, 0.1) is 27.0 Å². The van der Waals surface area contributed by atoms with Gasteiger partial charge in [0, 0.05) is 18.1 Å². The molecule has 7 nitrogen and oxygen atoms in total. The summed E-state index contributed by atoms with van der Waals surface area (Å²) < 4.78 is 21.5. The number of carbonyl (C=O) groups is 1. The molecule has 0 radical (unpaired) electrons. The highest BCUT2D eigenvalue weighted by atomic mass is 79.9. The van der Waals surface area contributed by atoms with Gasteiger partial charge in [0.25, 0.3) is 0 Å². The van der Waals surface area contributed by atoms with E-state index >= 15 is 0 Å². The first kappa shape index (κ1) is 25.7. The summed E-state index contributed by atoms with van der Waals surface area (Å²) in [6, 6.07) is 10.6. The van der Waals surface area contributed by atoms with Crippen LogP contribution in [0.5, 0.6) is 0 Å². The van der Waals surface area contributed by atoms with Crippen molar-refractivity contribution >= 4 is 55.0 Å². The molecule has 4 aromatic rings. The largest absolute Gasteiger partial charge is 0.444 e. The molecule has 1 aromatic carbocycles. The van der Waals surface area contributed by atoms with Gasteiger partial charge in [-0.25, -0.2) is 19.2 Å². The van der Waals surface area contributed by atoms with E-state index in [1.54, 1.807) is 20.8 Å². The van der Waals surface area contributed by atoms with Crippen molar-refractivity contribution in [2.45, 2.75) is 32.4 Å². The van der Waals surface area contributed by atoms with Gasteiger partial charge in [-0.2, -0.15) is 0 Å². The van der Waals surface area contributed by atoms with Gasteiger partial charge in [-0.1, -0.05) is 36.9 Å². The predicted octanol–water partition coefficient (Wildman–Crippen LogP) is 6.67. The fourth-order valence-corrected chi connectivity index (χ4v) is 4.98. The highest BCUT2D eigenvalue weighted by Gasteiger charge is 2.23. The summed E-state index contributed by atoms with van der Waals surface area (Å²) >= 11 is 4.97. The standard InChI is InChI=1S/C26H25BrFN5O2S/c1-15(16-8-6-5-7-9-16)20(31-25(34)35-26(2,3)4)13-30-24-22-21(18(27)14-36-22)32-23(33-24)17-10-11-29-12-19(17)28/h5-12,14,20H,1,13H2,2-4H3,(H,31,34)(H,30,32,33)/t20-/m1/s1. The van der Waals surface area contributed by atoms with Crippen LogP contribution in [0, 0.1) is 5.82 Å². The summed E-state index contributed by atoms with van der Waals surface area (Å²) in [4.78, 5) is 25.6. The fourth-order valence-electron chi connectivity index (χ4n) is 3.45. The van der Waals surface area contributed by atoms with Crippen LogP contribution < -0.4 is 10.6 Å². The summed E-state index contributed by atoms with van der Waals surface area (Å²) in [5.74, 6) is 0.220. The number of benzene rings is 1. The van der Waals surface area contributed by atoms with E-state index in [1.165, 1.54) is 23.6 Å². The van der Waals surface area contributed by atoms with Gasteiger partial charge in [-0.05, 0) is 53.9 Å². The Kier molecular flexibility index (Phi) is 7.65. The minimum atomic E-state index is -0.651. The molecule has 36 heavy (non-hydrogen) atoms. The van der Waals surface area contributed by atoms with Gasteiger partial charge in [0.1, 0.15) is 16.9 Å². The van der Waals surface area contributed by atoms with Crippen molar-refractivity contribution in [3.8, 4) is 11.4 Å². The van der Waals surface area contributed by atoms with Gasteiger partial charge in [-0.15, -0.1) is 11.3 Å². The van der Waals surface area contributed by atoms with E-state index in [2.05, 4.69) is 48.1 Å². The molecule has 10 heteroatoms. The van der Waals surface area contributed by atoms with Crippen LogP contribution in [-0.4, -0.2) is 39.2 Å². The van der Waals surface area contributed by atoms with Crippen molar-refractivity contribution < 1.29 is 13.9 Å². The number of nitrogens with zero attached hydrogens (tertiary/aromatic N) is 3. The Bertz CT molecular complexity index is 1400. The lowest BCUT2D eigenvalue weighted by Crippen LogP contribution is -2.43. The molecule has 1 amide bonds. The lowest BCUT2D eigenvalue weighted by atomic mass is 10.00. The van der Waals surface area contributed by atoms with Crippen LogP contribution in [0.3, 0.4) is 0 Å². The second-order valence-electron chi connectivity index (χ2n) is 8.98. The van der Waals surface area contributed by atoms with E-state index in [9.17, 15) is 9.18 Å². The van der Waals surface area contributed by atoms with Crippen LogP contribution in [-0.2, 0) is 4.74 Å². The van der Waals surface area contributed by atoms with E-state index in [-0.39, 0.29) is 17.9 Å². The van der Waals surface area contributed by atoms with Gasteiger partial charge in [0.15, 0.2) is 11.6 Å². The molecular weight excluding hydrogens is 545 g/mol. The zero-order chi connectivity index (χ0) is 25.9. The SMILES string of the molecule is C=C(c1ccccc1)[C@@H](CNc1nc(-c2ccncc2F)nc2c(Br)csc12)NC(=O)OC(C)(C)C. The number of rotatable bonds is 7. The molecule has 0 aliphatic heterocycles. The second kappa shape index (κ2) is 10.7. The summed E-state index contributed by atoms with van der Waals surface area (Å²) in [6.07, 6.45) is 2.06. The molecule has 0 unspecified atom stereocenters. The average molecular weight is 570 g/mol. The second-order valence-corrected chi connectivity index (χ2v) is 10.7. The number of fused-ring (bicyclic) bond motifs is 1. The molecule has 3 aromatic heterocycles. The van der Waals surface area contributed by atoms with Crippen molar-refractivity contribution in [1.29, 1.82) is 0 Å². The van der Waals surface area contributed by atoms with Gasteiger partial charge >= 0.3 is 6.09 Å². The number of pyridine rings is 1. The minimum Gasteiger partial charge on any atom is -0.444 e. The predicted molar refractivity (Wildman–Crippen MR) is 145 cm³/mol. The maximum absolute atomic E-state index is 14.5. The molecule has 0 fully saturated rings. The average Bonchev–Trinajstić information content (AvgIpc) is 3.21. The number of hydrogen-bond acceptors (Lipinski definition) is 7. The Morgan fingerprint density at radius 2 is 1.97 bits per heavy atom. The van der Waals surface area contributed by atoms with Crippen LogP contribution in [0.4, 0.5) is 15.0 Å². The Balaban J connectivity index is 1.66. The number of carbonyl (C=O) groups excluding carboxylic acids is 1. The molecule has 0 aliphatic carbocycles. The molecule has 0 aliphatic rings. The smallest absolute Gasteiger partial charge is 0.408 e. The molecule has 0 spiro atoms. The topological polar surface area (TPSA) is 89.0 Å². The summed E-state index contributed by atoms with van der Waals surface area (Å²) in [6.45, 7) is 9.89. The van der Waals surface area contributed by atoms with E-state index in [4.69, 9.17) is 4.74 Å². The molecule has 1 atom stereocenters. The molecule has 186 valence electrons. The van der Waals surface area contributed by atoms with Crippen molar-refractivity contribution in [2.24, 2.45) is 0 Å².